The van der Waals surface area contributed by atoms with Crippen molar-refractivity contribution in [3.05, 3.63) is 65.3 Å². The molecule has 4 nitrogen and oxygen atoms in total. The highest BCUT2D eigenvalue weighted by atomic mass is 19.4. The summed E-state index contributed by atoms with van der Waals surface area (Å²) in [5.74, 6) is 3.64. The molecule has 0 amide bonds. The third-order valence-corrected chi connectivity index (χ3v) is 5.13. The van der Waals surface area contributed by atoms with Gasteiger partial charge in [0.15, 0.2) is 6.10 Å². The summed E-state index contributed by atoms with van der Waals surface area (Å²) in [6.07, 6.45) is -8.60. The van der Waals surface area contributed by atoms with Crippen molar-refractivity contribution in [1.82, 2.24) is 0 Å². The van der Waals surface area contributed by atoms with Crippen LogP contribution in [0.25, 0.3) is 0 Å². The minimum absolute atomic E-state index is 0.0425. The summed E-state index contributed by atoms with van der Waals surface area (Å²) in [7, 11) is 0. The van der Waals surface area contributed by atoms with Crippen LogP contribution in [0.1, 0.15) is 25.8 Å². The predicted molar refractivity (Wildman–Crippen MR) is 117 cm³/mol. The highest BCUT2D eigenvalue weighted by molar-refractivity contribution is 5.72. The molecule has 1 aromatic carbocycles. The summed E-state index contributed by atoms with van der Waals surface area (Å²) >= 11 is 0. The molecule has 2 rings (SSSR count). The molecule has 35 heavy (non-hydrogen) atoms. The number of hydrogen-bond donors (Lipinski definition) is 1. The molecule has 0 radical (unpaired) electrons. The number of hydrogen-bond acceptors (Lipinski definition) is 3. The first kappa shape index (κ1) is 28.1. The van der Waals surface area contributed by atoms with Crippen LogP contribution in [-0.2, 0) is 16.0 Å². The molecule has 0 aliphatic heterocycles. The van der Waals surface area contributed by atoms with E-state index in [9.17, 15) is 31.1 Å². The number of carboxylic acids is 1. The molecule has 1 N–H and O–H groups in total. The fraction of sp³-hybridized carbons (Fsp3) is 0.400. The highest BCUT2D eigenvalue weighted by Crippen LogP contribution is 2.48. The first-order chi connectivity index (χ1) is 16.3. The number of benzene rings is 1. The van der Waals surface area contributed by atoms with Crippen molar-refractivity contribution < 1.29 is 45.7 Å². The average Bonchev–Trinajstić information content (AvgIpc) is 2.77. The second-order valence-electron chi connectivity index (χ2n) is 7.77. The van der Waals surface area contributed by atoms with Crippen molar-refractivity contribution in [3.8, 4) is 17.6 Å². The van der Waals surface area contributed by atoms with Gasteiger partial charge in [-0.2, -0.15) is 26.3 Å². The molecule has 0 heterocycles. The first-order valence-corrected chi connectivity index (χ1v) is 10.6. The maximum atomic E-state index is 13.6. The van der Waals surface area contributed by atoms with Crippen LogP contribution in [0.4, 0.5) is 26.3 Å². The topological polar surface area (TPSA) is 55.8 Å². The van der Waals surface area contributed by atoms with Crippen molar-refractivity contribution in [1.29, 1.82) is 0 Å². The fourth-order valence-corrected chi connectivity index (χ4v) is 3.17. The normalized spacial score (nSPS) is 19.4. The lowest BCUT2D eigenvalue weighted by Crippen LogP contribution is -2.38. The van der Waals surface area contributed by atoms with Gasteiger partial charge in [-0.05, 0) is 43.2 Å². The van der Waals surface area contributed by atoms with Gasteiger partial charge in [-0.15, -0.1) is 0 Å². The maximum absolute atomic E-state index is 13.6. The molecule has 0 bridgehead atoms. The van der Waals surface area contributed by atoms with Gasteiger partial charge < -0.3 is 14.6 Å². The summed E-state index contributed by atoms with van der Waals surface area (Å²) in [6.45, 7) is 3.33. The van der Waals surface area contributed by atoms with E-state index >= 15 is 0 Å². The molecule has 0 saturated heterocycles. The largest absolute Gasteiger partial charge is 0.490 e. The van der Waals surface area contributed by atoms with Crippen LogP contribution in [-0.4, -0.2) is 42.7 Å². The Morgan fingerprint density at radius 1 is 1.20 bits per heavy atom. The third-order valence-electron chi connectivity index (χ3n) is 5.13. The highest BCUT2D eigenvalue weighted by Gasteiger charge is 2.55. The van der Waals surface area contributed by atoms with E-state index in [1.807, 2.05) is 5.92 Å². The van der Waals surface area contributed by atoms with Gasteiger partial charge in [-0.25, -0.2) is 4.79 Å². The lowest BCUT2D eigenvalue weighted by Gasteiger charge is -2.31. The van der Waals surface area contributed by atoms with Crippen LogP contribution >= 0.6 is 0 Å². The summed E-state index contributed by atoms with van der Waals surface area (Å²) < 4.78 is 90.5. The van der Waals surface area contributed by atoms with Gasteiger partial charge >= 0.3 is 18.3 Å². The molecule has 0 fully saturated rings. The van der Waals surface area contributed by atoms with Crippen molar-refractivity contribution >= 4 is 5.97 Å². The number of halogens is 6. The number of ether oxygens (including phenoxy) is 2. The number of carboxylic acid groups (broad SMARTS) is 1. The number of carbonyl (C=O) groups is 1. The van der Waals surface area contributed by atoms with Gasteiger partial charge in [0.1, 0.15) is 17.8 Å². The first-order valence-electron chi connectivity index (χ1n) is 10.6. The van der Waals surface area contributed by atoms with E-state index < -0.39 is 41.8 Å². The Labute approximate surface area is 198 Å². The standard InChI is InChI=1S/C25H24F6O4/c1-3-34-21(22(32)33)15-18-6-8-20(9-7-18)35-14-11-17(2)10-13-23(25(29,30)31)12-4-5-19(16-23)24(26,27)28/h4-9,11-12,21H,3,14-16H2,1-2H3,(H,32,33)/b17-11+/t21-,23?/m0/s1. The zero-order valence-corrected chi connectivity index (χ0v) is 19.0. The van der Waals surface area contributed by atoms with Gasteiger partial charge in [0.05, 0.1) is 0 Å². The smallest absolute Gasteiger partial charge is 0.412 e. The fourth-order valence-electron chi connectivity index (χ4n) is 3.17. The van der Waals surface area contributed by atoms with E-state index in [-0.39, 0.29) is 25.2 Å². The second kappa shape index (κ2) is 11.5. The molecular formula is C25H24F6O4. The molecule has 1 aromatic rings. The average molecular weight is 502 g/mol. The summed E-state index contributed by atoms with van der Waals surface area (Å²) in [5, 5.41) is 9.14. The molecule has 0 spiro atoms. The molecule has 0 aromatic heterocycles. The van der Waals surface area contributed by atoms with E-state index in [1.54, 1.807) is 31.2 Å². The molecule has 190 valence electrons. The quantitative estimate of drug-likeness (QED) is 0.348. The zero-order chi connectivity index (χ0) is 26.3. The predicted octanol–water partition coefficient (Wildman–Crippen LogP) is 6.04. The molecule has 1 aliphatic carbocycles. The second-order valence-corrected chi connectivity index (χ2v) is 7.77. The Morgan fingerprint density at radius 2 is 1.86 bits per heavy atom. The number of allylic oxidation sites excluding steroid dienone is 5. The van der Waals surface area contributed by atoms with Gasteiger partial charge in [-0.1, -0.05) is 42.2 Å². The molecular weight excluding hydrogens is 478 g/mol. The molecule has 1 aliphatic rings. The van der Waals surface area contributed by atoms with Crippen LogP contribution in [0.3, 0.4) is 0 Å². The van der Waals surface area contributed by atoms with E-state index in [1.165, 1.54) is 13.0 Å². The Morgan fingerprint density at radius 3 is 2.40 bits per heavy atom. The van der Waals surface area contributed by atoms with Crippen LogP contribution in [0.2, 0.25) is 0 Å². The van der Waals surface area contributed by atoms with Gasteiger partial charge in [0.2, 0.25) is 0 Å². The summed E-state index contributed by atoms with van der Waals surface area (Å²) in [5.41, 5.74) is -3.33. The van der Waals surface area contributed by atoms with Crippen molar-refractivity contribution in [2.75, 3.05) is 13.2 Å². The monoisotopic (exact) mass is 502 g/mol. The van der Waals surface area contributed by atoms with E-state index in [0.717, 1.165) is 6.08 Å². The summed E-state index contributed by atoms with van der Waals surface area (Å²) in [6, 6.07) is 6.53. The van der Waals surface area contributed by atoms with Crippen LogP contribution < -0.4 is 4.74 Å². The Hall–Kier alpha value is -3.19. The SMILES string of the molecule is CCO[C@@H](Cc1ccc(OC/C=C(\C)C#CC2(C(F)(F)F)C=CC=C(C(F)(F)F)C2)cc1)C(=O)O. The van der Waals surface area contributed by atoms with Gasteiger partial charge in [-0.3, -0.25) is 0 Å². The number of aliphatic carboxylic acids is 1. The lowest BCUT2D eigenvalue weighted by atomic mass is 9.77. The molecule has 2 atom stereocenters. The van der Waals surface area contributed by atoms with E-state index in [2.05, 4.69) is 5.92 Å². The van der Waals surface area contributed by atoms with Crippen LogP contribution in [0, 0.1) is 17.3 Å². The zero-order valence-electron chi connectivity index (χ0n) is 19.0. The summed E-state index contributed by atoms with van der Waals surface area (Å²) in [4.78, 5) is 11.2. The third kappa shape index (κ3) is 7.92. The Kier molecular flexibility index (Phi) is 9.21. The molecule has 1 unspecified atom stereocenters. The van der Waals surface area contributed by atoms with E-state index in [0.29, 0.717) is 23.5 Å². The van der Waals surface area contributed by atoms with Crippen molar-refractivity contribution in [3.63, 3.8) is 0 Å². The number of rotatable bonds is 8. The van der Waals surface area contributed by atoms with Crippen LogP contribution in [0.5, 0.6) is 5.75 Å². The van der Waals surface area contributed by atoms with Gasteiger partial charge in [0, 0.05) is 25.0 Å². The minimum atomic E-state index is -5.00. The Bertz CT molecular complexity index is 1040. The minimum Gasteiger partial charge on any atom is -0.490 e. The Balaban J connectivity index is 2.04. The van der Waals surface area contributed by atoms with Crippen molar-refractivity contribution in [2.24, 2.45) is 5.41 Å². The lowest BCUT2D eigenvalue weighted by molar-refractivity contribution is -0.190. The van der Waals surface area contributed by atoms with Crippen molar-refractivity contribution in [2.45, 2.75) is 45.1 Å². The van der Waals surface area contributed by atoms with Crippen LogP contribution in [0.15, 0.2) is 59.7 Å². The van der Waals surface area contributed by atoms with E-state index in [4.69, 9.17) is 14.6 Å². The maximum Gasteiger partial charge on any atom is 0.412 e. The van der Waals surface area contributed by atoms with Gasteiger partial charge in [0.25, 0.3) is 0 Å². The number of alkyl halides is 6. The molecule has 10 heteroatoms. The molecule has 0 saturated carbocycles.